The molecular weight excluding hydrogens is 188 g/mol. The zero-order valence-electron chi connectivity index (χ0n) is 9.95. The fourth-order valence-corrected chi connectivity index (χ4v) is 1.95. The fourth-order valence-electron chi connectivity index (χ4n) is 1.95. The van der Waals surface area contributed by atoms with Gasteiger partial charge in [-0.15, -0.1) is 0 Å². The van der Waals surface area contributed by atoms with Gasteiger partial charge < -0.3 is 9.47 Å². The average Bonchev–Trinajstić information content (AvgIpc) is 2.70. The van der Waals surface area contributed by atoms with Gasteiger partial charge >= 0.3 is 0 Å². The van der Waals surface area contributed by atoms with E-state index in [1.807, 2.05) is 0 Å². The highest BCUT2D eigenvalue weighted by Crippen LogP contribution is 2.27. The third kappa shape index (κ3) is 4.15. The molecule has 0 fully saturated rings. The van der Waals surface area contributed by atoms with Crippen molar-refractivity contribution in [2.24, 2.45) is 11.8 Å². The Hall–Kier alpha value is -0.660. The molecule has 2 nitrogen and oxygen atoms in total. The van der Waals surface area contributed by atoms with E-state index in [-0.39, 0.29) is 6.29 Å². The third-order valence-electron chi connectivity index (χ3n) is 2.95. The van der Waals surface area contributed by atoms with Crippen LogP contribution in [-0.2, 0) is 9.47 Å². The van der Waals surface area contributed by atoms with Gasteiger partial charge in [-0.1, -0.05) is 39.5 Å². The molecule has 0 aromatic heterocycles. The summed E-state index contributed by atoms with van der Waals surface area (Å²) in [7, 11) is 0. The molecule has 0 amide bonds. The number of hydrogen-bond donors (Lipinski definition) is 0. The summed E-state index contributed by atoms with van der Waals surface area (Å²) in [6.45, 7) is 8.46. The van der Waals surface area contributed by atoms with Crippen LogP contribution in [0.2, 0.25) is 0 Å². The molecule has 0 aromatic rings. The fraction of sp³-hybridized carbons (Fsp3) is 0.769. The molecule has 1 heterocycles. The molecule has 15 heavy (non-hydrogen) atoms. The van der Waals surface area contributed by atoms with E-state index in [4.69, 9.17) is 9.47 Å². The van der Waals surface area contributed by atoms with Crippen LogP contribution < -0.4 is 0 Å². The van der Waals surface area contributed by atoms with Crippen molar-refractivity contribution in [1.29, 1.82) is 0 Å². The van der Waals surface area contributed by atoms with Crippen LogP contribution in [0.5, 0.6) is 0 Å². The second-order valence-electron chi connectivity index (χ2n) is 4.40. The number of unbranched alkanes of at least 4 members (excludes halogenated alkanes) is 3. The second-order valence-corrected chi connectivity index (χ2v) is 4.40. The van der Waals surface area contributed by atoms with E-state index in [9.17, 15) is 0 Å². The predicted octanol–water partition coefficient (Wildman–Crippen LogP) is 3.89. The van der Waals surface area contributed by atoms with Gasteiger partial charge in [0, 0.05) is 5.92 Å². The van der Waals surface area contributed by atoms with Crippen molar-refractivity contribution < 1.29 is 9.47 Å². The molecule has 1 aliphatic rings. The number of hydrogen-bond acceptors (Lipinski definition) is 2. The Morgan fingerprint density at radius 1 is 1.20 bits per heavy atom. The minimum Gasteiger partial charge on any atom is -0.459 e. The molecule has 0 bridgehead atoms. The van der Waals surface area contributed by atoms with Gasteiger partial charge in [-0.3, -0.25) is 0 Å². The molecular formula is C13H23O2. The van der Waals surface area contributed by atoms with E-state index in [0.29, 0.717) is 11.8 Å². The Bertz CT molecular complexity index is 179. The summed E-state index contributed by atoms with van der Waals surface area (Å²) in [5, 5.41) is 0. The van der Waals surface area contributed by atoms with Crippen molar-refractivity contribution in [1.82, 2.24) is 0 Å². The standard InChI is InChI=1S/C13H23O2/c1-4-5-6-7-8-12(11(2)3)13-14-9-10-15-13/h9-13H,2,4-8H2,1,3H3. The topological polar surface area (TPSA) is 18.5 Å². The highest BCUT2D eigenvalue weighted by atomic mass is 16.7. The average molecular weight is 211 g/mol. The van der Waals surface area contributed by atoms with E-state index in [0.717, 1.165) is 6.42 Å². The van der Waals surface area contributed by atoms with E-state index < -0.39 is 0 Å². The lowest BCUT2D eigenvalue weighted by molar-refractivity contribution is -0.0800. The molecule has 2 heteroatoms. The Labute approximate surface area is 93.7 Å². The lowest BCUT2D eigenvalue weighted by atomic mass is 9.89. The molecule has 0 saturated carbocycles. The van der Waals surface area contributed by atoms with Gasteiger partial charge in [0.1, 0.15) is 12.5 Å². The van der Waals surface area contributed by atoms with Crippen molar-refractivity contribution in [3.8, 4) is 0 Å². The van der Waals surface area contributed by atoms with Crippen LogP contribution in [0.4, 0.5) is 0 Å². The zero-order chi connectivity index (χ0) is 11.1. The van der Waals surface area contributed by atoms with Gasteiger partial charge in [-0.2, -0.15) is 0 Å². The van der Waals surface area contributed by atoms with Crippen LogP contribution in [0.3, 0.4) is 0 Å². The van der Waals surface area contributed by atoms with E-state index in [2.05, 4.69) is 20.8 Å². The summed E-state index contributed by atoms with van der Waals surface area (Å²) in [5.41, 5.74) is 0. The highest BCUT2D eigenvalue weighted by Gasteiger charge is 2.27. The van der Waals surface area contributed by atoms with Crippen molar-refractivity contribution in [2.75, 3.05) is 0 Å². The molecule has 0 saturated heterocycles. The van der Waals surface area contributed by atoms with Crippen LogP contribution in [0.1, 0.15) is 46.0 Å². The quantitative estimate of drug-likeness (QED) is 0.595. The van der Waals surface area contributed by atoms with Crippen molar-refractivity contribution in [3.05, 3.63) is 19.4 Å². The summed E-state index contributed by atoms with van der Waals surface area (Å²) < 4.78 is 10.8. The van der Waals surface area contributed by atoms with Crippen LogP contribution in [0, 0.1) is 18.8 Å². The molecule has 1 aliphatic heterocycles. The number of ether oxygens (including phenoxy) is 2. The minimum absolute atomic E-state index is 0.0980. The lowest BCUT2D eigenvalue weighted by Crippen LogP contribution is -2.26. The maximum absolute atomic E-state index is 5.39. The Morgan fingerprint density at radius 3 is 2.40 bits per heavy atom. The first-order valence-corrected chi connectivity index (χ1v) is 6.04. The molecule has 0 aromatic carbocycles. The Balaban J connectivity index is 2.24. The van der Waals surface area contributed by atoms with E-state index in [1.54, 1.807) is 12.5 Å². The maximum Gasteiger partial charge on any atom is 0.242 e. The minimum atomic E-state index is -0.0980. The summed E-state index contributed by atoms with van der Waals surface area (Å²) in [4.78, 5) is 0. The zero-order valence-corrected chi connectivity index (χ0v) is 9.95. The van der Waals surface area contributed by atoms with Gasteiger partial charge in [0.2, 0.25) is 6.29 Å². The van der Waals surface area contributed by atoms with E-state index in [1.165, 1.54) is 25.7 Å². The van der Waals surface area contributed by atoms with Gasteiger partial charge in [-0.25, -0.2) is 0 Å². The molecule has 87 valence electrons. The normalized spacial score (nSPS) is 17.9. The maximum atomic E-state index is 5.39. The molecule has 2 unspecified atom stereocenters. The molecule has 1 rings (SSSR count). The summed E-state index contributed by atoms with van der Waals surface area (Å²) in [6.07, 6.45) is 9.47. The van der Waals surface area contributed by atoms with Crippen molar-refractivity contribution in [2.45, 2.75) is 52.2 Å². The summed E-state index contributed by atoms with van der Waals surface area (Å²) in [5.74, 6) is 0.786. The van der Waals surface area contributed by atoms with Crippen molar-refractivity contribution >= 4 is 0 Å². The number of rotatable bonds is 7. The monoisotopic (exact) mass is 211 g/mol. The summed E-state index contributed by atoms with van der Waals surface area (Å²) in [6, 6.07) is 0. The van der Waals surface area contributed by atoms with Crippen LogP contribution in [-0.4, -0.2) is 6.29 Å². The van der Waals surface area contributed by atoms with Crippen LogP contribution in [0.15, 0.2) is 12.5 Å². The van der Waals surface area contributed by atoms with Crippen molar-refractivity contribution in [3.63, 3.8) is 0 Å². The van der Waals surface area contributed by atoms with Gasteiger partial charge in [0.05, 0.1) is 0 Å². The van der Waals surface area contributed by atoms with Gasteiger partial charge in [0.25, 0.3) is 0 Å². The SMILES string of the molecule is [CH2]C(C)C(CCCCCC)C1OC=CO1. The Kier molecular flexibility index (Phi) is 5.59. The van der Waals surface area contributed by atoms with Gasteiger partial charge in [0.15, 0.2) is 0 Å². The molecule has 2 atom stereocenters. The van der Waals surface area contributed by atoms with Crippen LogP contribution in [0.25, 0.3) is 0 Å². The first-order valence-electron chi connectivity index (χ1n) is 6.04. The summed E-state index contributed by atoms with van der Waals surface area (Å²) >= 11 is 0. The lowest BCUT2D eigenvalue weighted by Gasteiger charge is -2.25. The molecule has 1 radical (unpaired) electrons. The smallest absolute Gasteiger partial charge is 0.242 e. The van der Waals surface area contributed by atoms with E-state index >= 15 is 0 Å². The first kappa shape index (κ1) is 12.4. The largest absolute Gasteiger partial charge is 0.459 e. The second kappa shape index (κ2) is 6.76. The van der Waals surface area contributed by atoms with Crippen LogP contribution >= 0.6 is 0 Å². The molecule has 0 spiro atoms. The molecule has 0 N–H and O–H groups in total. The first-order chi connectivity index (χ1) is 7.25. The highest BCUT2D eigenvalue weighted by molar-refractivity contribution is 4.79. The Morgan fingerprint density at radius 2 is 1.87 bits per heavy atom. The molecule has 0 aliphatic carbocycles. The predicted molar refractivity (Wildman–Crippen MR) is 61.9 cm³/mol. The third-order valence-corrected chi connectivity index (χ3v) is 2.95. The van der Waals surface area contributed by atoms with Gasteiger partial charge in [-0.05, 0) is 19.3 Å².